The Bertz CT molecular complexity index is 1490. The summed E-state index contributed by atoms with van der Waals surface area (Å²) in [6, 6.07) is 17.2. The van der Waals surface area contributed by atoms with Gasteiger partial charge in [-0.05, 0) is 36.2 Å². The summed E-state index contributed by atoms with van der Waals surface area (Å²) in [4.78, 5) is 40.3. The number of carbonyl (C=O) groups is 3. The molecule has 43 heavy (non-hydrogen) atoms. The number of ketones is 1. The number of aryl methyl sites for hydroxylation is 1. The molecule has 1 aliphatic heterocycles. The highest BCUT2D eigenvalue weighted by molar-refractivity contribution is 6.30. The van der Waals surface area contributed by atoms with E-state index in [1.807, 2.05) is 19.9 Å². The quantitative estimate of drug-likeness (QED) is 0.259. The highest BCUT2D eigenvalue weighted by Gasteiger charge is 2.40. The zero-order valence-electron chi connectivity index (χ0n) is 24.6. The normalized spacial score (nSPS) is 16.8. The number of rotatable bonds is 12. The average Bonchev–Trinajstić information content (AvgIpc) is 3.09. The number of hydrogen-bond acceptors (Lipinski definition) is 7. The van der Waals surface area contributed by atoms with Gasteiger partial charge in [0, 0.05) is 58.8 Å². The fourth-order valence-electron chi connectivity index (χ4n) is 5.10. The summed E-state index contributed by atoms with van der Waals surface area (Å²) in [5.41, 5.74) is 2.22. The van der Waals surface area contributed by atoms with Gasteiger partial charge in [0.25, 0.3) is 5.91 Å². The maximum Gasteiger partial charge on any atom is 0.303 e. The van der Waals surface area contributed by atoms with Crippen LogP contribution in [0.3, 0.4) is 0 Å². The molecule has 0 bridgehead atoms. The second-order valence-electron chi connectivity index (χ2n) is 11.3. The van der Waals surface area contributed by atoms with E-state index in [-0.39, 0.29) is 31.8 Å². The number of para-hydroxylation sites is 1. The highest BCUT2D eigenvalue weighted by atomic mass is 35.5. The largest absolute Gasteiger partial charge is 0.493 e. The Morgan fingerprint density at radius 1 is 1.02 bits per heavy atom. The maximum absolute atomic E-state index is 14.2. The van der Waals surface area contributed by atoms with Crippen molar-refractivity contribution in [3.05, 3.63) is 87.9 Å². The number of carbonyl (C=O) groups excluding carboxylic acids is 2. The van der Waals surface area contributed by atoms with E-state index in [4.69, 9.17) is 30.9 Å². The standard InChI is InChI=1S/C33H36ClNO8/c1-33(2,19-36)18-35-25-14-13-22(34)16-24(25)30(23-6-5-7-27(41-3)31(23)42-4)43-28(32(35)40)17-26(37)21-11-8-20(9-12-21)10-15-29(38)39/h5-9,11-14,16,28,30,36H,10,15,17-19H2,1-4H3,(H,38,39)/t28-,30-/m1/s1. The molecule has 0 aromatic heterocycles. The Morgan fingerprint density at radius 3 is 2.37 bits per heavy atom. The Hall–Kier alpha value is -3.92. The first-order valence-electron chi connectivity index (χ1n) is 13.9. The third-order valence-corrected chi connectivity index (χ3v) is 7.64. The van der Waals surface area contributed by atoms with Gasteiger partial charge < -0.3 is 29.3 Å². The van der Waals surface area contributed by atoms with Crippen molar-refractivity contribution in [2.75, 3.05) is 32.3 Å². The molecule has 3 aromatic rings. The van der Waals surface area contributed by atoms with Gasteiger partial charge in [0.2, 0.25) is 0 Å². The molecule has 10 heteroatoms. The predicted octanol–water partition coefficient (Wildman–Crippen LogP) is 5.49. The second kappa shape index (κ2) is 13.6. The Labute approximate surface area is 255 Å². The van der Waals surface area contributed by atoms with Crippen molar-refractivity contribution in [2.24, 2.45) is 5.41 Å². The molecule has 3 aromatic carbocycles. The van der Waals surface area contributed by atoms with Crippen LogP contribution in [0.15, 0.2) is 60.7 Å². The van der Waals surface area contributed by atoms with Crippen LogP contribution in [-0.2, 0) is 20.7 Å². The van der Waals surface area contributed by atoms with E-state index in [1.165, 1.54) is 14.2 Å². The molecule has 0 saturated heterocycles. The molecule has 4 rings (SSSR count). The second-order valence-corrected chi connectivity index (χ2v) is 11.7. The lowest BCUT2D eigenvalue weighted by molar-refractivity contribution is -0.137. The number of aliphatic hydroxyl groups is 1. The summed E-state index contributed by atoms with van der Waals surface area (Å²) in [5.74, 6) is -0.760. The van der Waals surface area contributed by atoms with Crippen LogP contribution < -0.4 is 14.4 Å². The number of anilines is 1. The number of carboxylic acids is 1. The smallest absolute Gasteiger partial charge is 0.303 e. The van der Waals surface area contributed by atoms with Gasteiger partial charge in [0.15, 0.2) is 17.3 Å². The Kier molecular flexibility index (Phi) is 10.1. The number of fused-ring (bicyclic) bond motifs is 1. The number of hydrogen-bond donors (Lipinski definition) is 2. The Balaban J connectivity index is 1.79. The van der Waals surface area contributed by atoms with E-state index in [0.717, 1.165) is 5.56 Å². The zero-order valence-corrected chi connectivity index (χ0v) is 25.4. The number of amides is 1. The topological polar surface area (TPSA) is 123 Å². The van der Waals surface area contributed by atoms with Gasteiger partial charge in [0.1, 0.15) is 12.2 Å². The van der Waals surface area contributed by atoms with Crippen LogP contribution in [0.4, 0.5) is 5.69 Å². The van der Waals surface area contributed by atoms with Crippen LogP contribution in [0.5, 0.6) is 11.5 Å². The van der Waals surface area contributed by atoms with Crippen molar-refractivity contribution in [3.8, 4) is 11.5 Å². The number of ether oxygens (including phenoxy) is 3. The molecule has 2 N–H and O–H groups in total. The van der Waals surface area contributed by atoms with E-state index in [0.29, 0.717) is 45.3 Å². The first kappa shape index (κ1) is 32.0. The molecular formula is C33H36ClNO8. The molecule has 9 nitrogen and oxygen atoms in total. The van der Waals surface area contributed by atoms with Gasteiger partial charge in [0.05, 0.1) is 14.2 Å². The van der Waals surface area contributed by atoms with Crippen LogP contribution in [0.2, 0.25) is 5.02 Å². The molecule has 0 unspecified atom stereocenters. The van der Waals surface area contributed by atoms with Crippen LogP contribution in [0, 0.1) is 5.41 Å². The predicted molar refractivity (Wildman–Crippen MR) is 162 cm³/mol. The SMILES string of the molecule is COc1cccc([C@H]2O[C@H](CC(=O)c3ccc(CCC(=O)O)cc3)C(=O)N(CC(C)(C)CO)c3ccc(Cl)cc32)c1OC. The van der Waals surface area contributed by atoms with Crippen molar-refractivity contribution in [1.29, 1.82) is 0 Å². The minimum Gasteiger partial charge on any atom is -0.493 e. The molecule has 1 heterocycles. The molecule has 0 spiro atoms. The van der Waals surface area contributed by atoms with Crippen molar-refractivity contribution in [1.82, 2.24) is 0 Å². The summed E-state index contributed by atoms with van der Waals surface area (Å²) < 4.78 is 17.8. The monoisotopic (exact) mass is 609 g/mol. The summed E-state index contributed by atoms with van der Waals surface area (Å²) in [6.45, 7) is 3.67. The van der Waals surface area contributed by atoms with E-state index in [9.17, 15) is 19.5 Å². The number of nitrogens with zero attached hydrogens (tertiary/aromatic N) is 1. The van der Waals surface area contributed by atoms with Crippen molar-refractivity contribution in [3.63, 3.8) is 0 Å². The number of aliphatic hydroxyl groups excluding tert-OH is 1. The van der Waals surface area contributed by atoms with Gasteiger partial charge in [-0.25, -0.2) is 0 Å². The summed E-state index contributed by atoms with van der Waals surface area (Å²) in [5, 5.41) is 19.5. The fraction of sp³-hybridized carbons (Fsp3) is 0.364. The van der Waals surface area contributed by atoms with Crippen LogP contribution in [0.25, 0.3) is 0 Å². The van der Waals surface area contributed by atoms with Crippen LogP contribution >= 0.6 is 11.6 Å². The van der Waals surface area contributed by atoms with Crippen LogP contribution in [-0.4, -0.2) is 61.3 Å². The zero-order chi connectivity index (χ0) is 31.3. The molecule has 0 fully saturated rings. The average molecular weight is 610 g/mol. The molecule has 0 saturated carbocycles. The first-order chi connectivity index (χ1) is 20.5. The molecule has 0 radical (unpaired) electrons. The summed E-state index contributed by atoms with van der Waals surface area (Å²) in [6.07, 6.45) is -1.98. The third kappa shape index (κ3) is 7.36. The number of aliphatic carboxylic acids is 1. The van der Waals surface area contributed by atoms with Gasteiger partial charge in [-0.3, -0.25) is 14.4 Å². The fourth-order valence-corrected chi connectivity index (χ4v) is 5.28. The number of benzene rings is 3. The molecule has 1 amide bonds. The molecule has 1 aliphatic rings. The molecule has 228 valence electrons. The van der Waals surface area contributed by atoms with Gasteiger partial charge in [-0.1, -0.05) is 61.8 Å². The minimum absolute atomic E-state index is 0.0164. The molecule has 2 atom stereocenters. The lowest BCUT2D eigenvalue weighted by atomic mass is 9.92. The van der Waals surface area contributed by atoms with E-state index >= 15 is 0 Å². The summed E-state index contributed by atoms with van der Waals surface area (Å²) in [7, 11) is 3.04. The van der Waals surface area contributed by atoms with Gasteiger partial charge in [-0.15, -0.1) is 0 Å². The highest BCUT2D eigenvalue weighted by Crippen LogP contribution is 2.45. The minimum atomic E-state index is -1.19. The van der Waals surface area contributed by atoms with Crippen LogP contribution in [0.1, 0.15) is 59.8 Å². The summed E-state index contributed by atoms with van der Waals surface area (Å²) >= 11 is 6.47. The van der Waals surface area contributed by atoms with Crippen molar-refractivity contribution in [2.45, 2.75) is 45.3 Å². The van der Waals surface area contributed by atoms with Crippen molar-refractivity contribution < 1.29 is 38.8 Å². The number of carboxylic acid groups (broad SMARTS) is 1. The Morgan fingerprint density at radius 2 is 1.74 bits per heavy atom. The number of methoxy groups -OCH3 is 2. The molecule has 0 aliphatic carbocycles. The van der Waals surface area contributed by atoms with Gasteiger partial charge in [-0.2, -0.15) is 0 Å². The molecular weight excluding hydrogens is 574 g/mol. The van der Waals surface area contributed by atoms with E-state index in [2.05, 4.69) is 0 Å². The first-order valence-corrected chi connectivity index (χ1v) is 14.3. The van der Waals surface area contributed by atoms with Gasteiger partial charge >= 0.3 is 5.97 Å². The number of halogens is 1. The van der Waals surface area contributed by atoms with E-state index < -0.39 is 29.5 Å². The van der Waals surface area contributed by atoms with E-state index in [1.54, 1.807) is 59.5 Å². The third-order valence-electron chi connectivity index (χ3n) is 7.41. The number of Topliss-reactive ketones (excluding diaryl/α,β-unsaturated/α-hetero) is 1. The van der Waals surface area contributed by atoms with Crippen molar-refractivity contribution >= 4 is 34.9 Å². The maximum atomic E-state index is 14.2. The lowest BCUT2D eigenvalue weighted by Crippen LogP contribution is -2.45. The lowest BCUT2D eigenvalue weighted by Gasteiger charge is -2.32.